The van der Waals surface area contributed by atoms with Crippen LogP contribution < -0.4 is 10.1 Å². The molecule has 20 heavy (non-hydrogen) atoms. The predicted molar refractivity (Wildman–Crippen MR) is 92.4 cm³/mol. The number of aryl methyl sites for hydroxylation is 1. The minimum absolute atomic E-state index is 0.314. The zero-order valence-electron chi connectivity index (χ0n) is 12.1. The molecular weight excluding hydrogens is 361 g/mol. The van der Waals surface area contributed by atoms with Crippen molar-refractivity contribution in [3.8, 4) is 5.75 Å². The molecule has 0 radical (unpaired) electrons. The number of rotatable bonds is 5. The second-order valence-corrected chi connectivity index (χ2v) is 5.95. The Morgan fingerprint density at radius 3 is 2.65 bits per heavy atom. The Kier molecular flexibility index (Phi) is 5.43. The minimum Gasteiger partial charge on any atom is -0.497 e. The zero-order valence-corrected chi connectivity index (χ0v) is 14.3. The van der Waals surface area contributed by atoms with Gasteiger partial charge in [0, 0.05) is 9.61 Å². The maximum absolute atomic E-state index is 5.30. The van der Waals surface area contributed by atoms with E-state index in [1.165, 1.54) is 20.3 Å². The van der Waals surface area contributed by atoms with Crippen LogP contribution in [0.1, 0.15) is 22.7 Å². The van der Waals surface area contributed by atoms with Crippen LogP contribution in [0.4, 0.5) is 0 Å². The quantitative estimate of drug-likeness (QED) is 0.788. The van der Waals surface area contributed by atoms with Gasteiger partial charge in [0.05, 0.1) is 7.11 Å². The molecule has 0 heterocycles. The molecule has 1 N–H and O–H groups in total. The number of benzene rings is 2. The van der Waals surface area contributed by atoms with Gasteiger partial charge >= 0.3 is 0 Å². The number of hydrogen-bond donors (Lipinski definition) is 1. The fourth-order valence-corrected chi connectivity index (χ4v) is 3.08. The van der Waals surface area contributed by atoms with Crippen molar-refractivity contribution in [1.82, 2.24) is 5.32 Å². The molecule has 0 saturated heterocycles. The molecule has 0 aliphatic carbocycles. The van der Waals surface area contributed by atoms with Gasteiger partial charge in [-0.1, -0.05) is 30.3 Å². The highest BCUT2D eigenvalue weighted by Crippen LogP contribution is 2.26. The van der Waals surface area contributed by atoms with Crippen LogP contribution in [0.2, 0.25) is 0 Å². The maximum Gasteiger partial charge on any atom is 0.119 e. The Bertz CT molecular complexity index is 583. The van der Waals surface area contributed by atoms with E-state index in [0.29, 0.717) is 6.04 Å². The predicted octanol–water partition coefficient (Wildman–Crippen LogP) is 4.11. The van der Waals surface area contributed by atoms with Crippen molar-refractivity contribution in [3.05, 3.63) is 62.7 Å². The summed E-state index contributed by atoms with van der Waals surface area (Å²) in [6, 6.07) is 15.1. The topological polar surface area (TPSA) is 21.3 Å². The first-order chi connectivity index (χ1) is 9.65. The van der Waals surface area contributed by atoms with Gasteiger partial charge in [0.1, 0.15) is 5.75 Å². The second-order valence-electron chi connectivity index (χ2n) is 4.88. The Morgan fingerprint density at radius 2 is 1.95 bits per heavy atom. The molecule has 2 aromatic carbocycles. The van der Waals surface area contributed by atoms with Crippen LogP contribution in [0.15, 0.2) is 42.5 Å². The monoisotopic (exact) mass is 381 g/mol. The summed E-state index contributed by atoms with van der Waals surface area (Å²) in [7, 11) is 3.72. The molecule has 0 spiro atoms. The molecule has 0 amide bonds. The number of ether oxygens (including phenoxy) is 1. The highest BCUT2D eigenvalue weighted by atomic mass is 127. The summed E-state index contributed by atoms with van der Waals surface area (Å²) < 4.78 is 6.64. The van der Waals surface area contributed by atoms with Gasteiger partial charge in [-0.2, -0.15) is 0 Å². The maximum atomic E-state index is 5.30. The molecule has 2 aromatic rings. The lowest BCUT2D eigenvalue weighted by Gasteiger charge is -2.19. The van der Waals surface area contributed by atoms with E-state index in [9.17, 15) is 0 Å². The highest BCUT2D eigenvalue weighted by molar-refractivity contribution is 14.1. The first-order valence-corrected chi connectivity index (χ1v) is 7.78. The van der Waals surface area contributed by atoms with Crippen molar-refractivity contribution in [2.24, 2.45) is 0 Å². The molecule has 0 aliphatic rings. The first-order valence-electron chi connectivity index (χ1n) is 6.71. The van der Waals surface area contributed by atoms with Crippen molar-refractivity contribution in [2.75, 3.05) is 14.2 Å². The van der Waals surface area contributed by atoms with Gasteiger partial charge in [-0.3, -0.25) is 0 Å². The number of halogens is 1. The normalized spacial score (nSPS) is 12.2. The Hall–Kier alpha value is -1.07. The second kappa shape index (κ2) is 7.09. The van der Waals surface area contributed by atoms with E-state index in [1.807, 2.05) is 19.2 Å². The lowest BCUT2D eigenvalue weighted by atomic mass is 9.97. The van der Waals surface area contributed by atoms with E-state index in [1.54, 1.807) is 7.11 Å². The van der Waals surface area contributed by atoms with E-state index < -0.39 is 0 Å². The van der Waals surface area contributed by atoms with Gasteiger partial charge in [0.15, 0.2) is 0 Å². The Labute approximate surface area is 134 Å². The number of nitrogens with one attached hydrogen (secondary N) is 1. The molecule has 106 valence electrons. The highest BCUT2D eigenvalue weighted by Gasteiger charge is 2.14. The molecule has 0 saturated carbocycles. The van der Waals surface area contributed by atoms with Crippen LogP contribution in [-0.4, -0.2) is 14.2 Å². The average Bonchev–Trinajstić information content (AvgIpc) is 2.48. The molecular formula is C17H20INO. The van der Waals surface area contributed by atoms with E-state index in [0.717, 1.165) is 12.2 Å². The van der Waals surface area contributed by atoms with E-state index in [-0.39, 0.29) is 0 Å². The van der Waals surface area contributed by atoms with Crippen LogP contribution in [0, 0.1) is 10.5 Å². The number of hydrogen-bond acceptors (Lipinski definition) is 2. The fourth-order valence-electron chi connectivity index (χ4n) is 2.34. The van der Waals surface area contributed by atoms with E-state index >= 15 is 0 Å². The van der Waals surface area contributed by atoms with Crippen molar-refractivity contribution in [2.45, 2.75) is 19.4 Å². The van der Waals surface area contributed by atoms with E-state index in [2.05, 4.69) is 65.2 Å². The summed E-state index contributed by atoms with van der Waals surface area (Å²) in [4.78, 5) is 0. The van der Waals surface area contributed by atoms with Crippen LogP contribution in [0.25, 0.3) is 0 Å². The van der Waals surface area contributed by atoms with Gasteiger partial charge in [0.25, 0.3) is 0 Å². The summed E-state index contributed by atoms with van der Waals surface area (Å²) in [5.41, 5.74) is 3.96. The van der Waals surface area contributed by atoms with Gasteiger partial charge in [-0.25, -0.2) is 0 Å². The molecule has 0 aliphatic heterocycles. The van der Waals surface area contributed by atoms with Gasteiger partial charge in [0.2, 0.25) is 0 Å². The number of methoxy groups -OCH3 is 1. The molecule has 1 atom stereocenters. The van der Waals surface area contributed by atoms with Crippen molar-refractivity contribution < 1.29 is 4.74 Å². The molecule has 0 aromatic heterocycles. The minimum atomic E-state index is 0.314. The summed E-state index contributed by atoms with van der Waals surface area (Å²) in [6.45, 7) is 2.16. The lowest BCUT2D eigenvalue weighted by Crippen LogP contribution is -2.20. The Morgan fingerprint density at radius 1 is 1.20 bits per heavy atom. The van der Waals surface area contributed by atoms with Crippen molar-refractivity contribution in [1.29, 1.82) is 0 Å². The smallest absolute Gasteiger partial charge is 0.119 e. The number of likely N-dealkylation sites (N-methyl/N-ethyl adjacent to an activating group) is 1. The summed E-state index contributed by atoms with van der Waals surface area (Å²) in [6.07, 6.45) is 0.952. The third-order valence-corrected chi connectivity index (χ3v) is 4.99. The molecule has 3 heteroatoms. The van der Waals surface area contributed by atoms with Crippen LogP contribution >= 0.6 is 22.6 Å². The van der Waals surface area contributed by atoms with Gasteiger partial charge in [-0.15, -0.1) is 0 Å². The molecule has 2 rings (SSSR count). The third-order valence-electron chi connectivity index (χ3n) is 3.52. The zero-order chi connectivity index (χ0) is 14.5. The lowest BCUT2D eigenvalue weighted by molar-refractivity contribution is 0.414. The van der Waals surface area contributed by atoms with Crippen molar-refractivity contribution >= 4 is 22.6 Å². The van der Waals surface area contributed by atoms with Crippen LogP contribution in [-0.2, 0) is 6.42 Å². The Balaban J connectivity index is 2.26. The van der Waals surface area contributed by atoms with Crippen molar-refractivity contribution in [3.63, 3.8) is 0 Å². The van der Waals surface area contributed by atoms with Gasteiger partial charge in [-0.05, 0) is 71.8 Å². The molecule has 2 nitrogen and oxygen atoms in total. The average molecular weight is 381 g/mol. The van der Waals surface area contributed by atoms with Crippen LogP contribution in [0.5, 0.6) is 5.75 Å². The summed E-state index contributed by atoms with van der Waals surface area (Å²) in [5, 5.41) is 3.43. The molecule has 1 unspecified atom stereocenters. The van der Waals surface area contributed by atoms with Crippen LogP contribution in [0.3, 0.4) is 0 Å². The fraction of sp³-hybridized carbons (Fsp3) is 0.294. The standard InChI is InChI=1S/C17H20INO/c1-12-6-4-9-15(17(12)18)16(19-2)11-13-7-5-8-14(10-13)20-3/h4-10,16,19H,11H2,1-3H3. The molecule has 0 fully saturated rings. The van der Waals surface area contributed by atoms with Gasteiger partial charge < -0.3 is 10.1 Å². The third kappa shape index (κ3) is 3.52. The summed E-state index contributed by atoms with van der Waals surface area (Å²) in [5.74, 6) is 0.913. The first kappa shape index (κ1) is 15.3. The molecule has 0 bridgehead atoms. The SMILES string of the molecule is CNC(Cc1cccc(OC)c1)c1cccc(C)c1I. The van der Waals surface area contributed by atoms with E-state index in [4.69, 9.17) is 4.74 Å². The summed E-state index contributed by atoms with van der Waals surface area (Å²) >= 11 is 2.44. The largest absolute Gasteiger partial charge is 0.497 e.